The van der Waals surface area contributed by atoms with Gasteiger partial charge in [0.05, 0.1) is 5.60 Å². The maximum absolute atomic E-state index is 12.2. The highest BCUT2D eigenvalue weighted by Gasteiger charge is 2.21. The van der Waals surface area contributed by atoms with Crippen LogP contribution in [0, 0.1) is 0 Å². The molecule has 0 saturated carbocycles. The van der Waals surface area contributed by atoms with Gasteiger partial charge < -0.3 is 10.0 Å². The number of thiol groups is 1. The quantitative estimate of drug-likeness (QED) is 0.808. The molecule has 0 atom stereocenters. The lowest BCUT2D eigenvalue weighted by atomic mass is 10.1. The molecule has 0 bridgehead atoms. The minimum atomic E-state index is -0.880. The Morgan fingerprint density at radius 2 is 1.88 bits per heavy atom. The molecule has 0 saturated heterocycles. The number of carbonyl (C=O) groups is 1. The smallest absolute Gasteiger partial charge is 0.253 e. The zero-order chi connectivity index (χ0) is 13.1. The van der Waals surface area contributed by atoms with E-state index in [1.807, 2.05) is 6.92 Å². The first-order valence-corrected chi connectivity index (χ1v) is 6.09. The van der Waals surface area contributed by atoms with Crippen molar-refractivity contribution in [2.24, 2.45) is 0 Å². The van der Waals surface area contributed by atoms with Crippen LogP contribution in [0.25, 0.3) is 0 Å². The predicted molar refractivity (Wildman–Crippen MR) is 71.6 cm³/mol. The molecule has 0 aliphatic carbocycles. The molecular formula is C13H19NO2S. The van der Waals surface area contributed by atoms with Crippen LogP contribution in [-0.2, 0) is 0 Å². The van der Waals surface area contributed by atoms with Gasteiger partial charge in [-0.25, -0.2) is 0 Å². The van der Waals surface area contributed by atoms with Crippen LogP contribution in [0.2, 0.25) is 0 Å². The minimum absolute atomic E-state index is 0.0667. The van der Waals surface area contributed by atoms with Crippen molar-refractivity contribution in [2.45, 2.75) is 31.3 Å². The topological polar surface area (TPSA) is 40.5 Å². The zero-order valence-electron chi connectivity index (χ0n) is 10.5. The maximum Gasteiger partial charge on any atom is 0.253 e. The molecule has 4 heteroatoms. The fourth-order valence-electron chi connectivity index (χ4n) is 1.58. The number of likely N-dealkylation sites (N-methyl/N-ethyl adjacent to an activating group) is 1. The monoisotopic (exact) mass is 253 g/mol. The molecular weight excluding hydrogens is 234 g/mol. The molecule has 1 aromatic carbocycles. The second-order valence-corrected chi connectivity index (χ2v) is 5.20. The van der Waals surface area contributed by atoms with E-state index in [2.05, 4.69) is 12.6 Å². The summed E-state index contributed by atoms with van der Waals surface area (Å²) in [4.78, 5) is 14.6. The molecule has 1 N–H and O–H groups in total. The van der Waals surface area contributed by atoms with Crippen LogP contribution < -0.4 is 0 Å². The Morgan fingerprint density at radius 1 is 1.35 bits per heavy atom. The van der Waals surface area contributed by atoms with E-state index in [1.165, 1.54) is 0 Å². The fraction of sp³-hybridized carbons (Fsp3) is 0.462. The Bertz CT molecular complexity index is 381. The van der Waals surface area contributed by atoms with Crippen LogP contribution >= 0.6 is 12.6 Å². The highest BCUT2D eigenvalue weighted by molar-refractivity contribution is 7.80. The number of benzene rings is 1. The molecule has 94 valence electrons. The van der Waals surface area contributed by atoms with Crippen molar-refractivity contribution in [1.82, 2.24) is 4.90 Å². The summed E-state index contributed by atoms with van der Waals surface area (Å²) in [6.45, 7) is 6.19. The Hall–Kier alpha value is -1.00. The number of nitrogens with zero attached hydrogens (tertiary/aromatic N) is 1. The second-order valence-electron chi connectivity index (χ2n) is 4.68. The normalized spacial score (nSPS) is 11.4. The average Bonchev–Trinajstić information content (AvgIpc) is 2.25. The van der Waals surface area contributed by atoms with Gasteiger partial charge in [-0.05, 0) is 45.0 Å². The molecule has 0 aromatic heterocycles. The zero-order valence-corrected chi connectivity index (χ0v) is 11.4. The highest BCUT2D eigenvalue weighted by atomic mass is 32.1. The van der Waals surface area contributed by atoms with Gasteiger partial charge in [0.15, 0.2) is 0 Å². The molecule has 0 unspecified atom stereocenters. The summed E-state index contributed by atoms with van der Waals surface area (Å²) >= 11 is 4.18. The summed E-state index contributed by atoms with van der Waals surface area (Å²) in [5.74, 6) is -0.0667. The SMILES string of the molecule is CCN(CC(C)(C)O)C(=O)c1ccc(S)cc1. The lowest BCUT2D eigenvalue weighted by molar-refractivity contribution is 0.0314. The molecule has 0 aliphatic rings. The second kappa shape index (κ2) is 5.56. The van der Waals surface area contributed by atoms with Gasteiger partial charge >= 0.3 is 0 Å². The molecule has 0 fully saturated rings. The van der Waals surface area contributed by atoms with Crippen LogP contribution in [0.1, 0.15) is 31.1 Å². The highest BCUT2D eigenvalue weighted by Crippen LogP contribution is 2.12. The third-order valence-electron chi connectivity index (χ3n) is 2.36. The predicted octanol–water partition coefficient (Wildman–Crippen LogP) is 2.21. The van der Waals surface area contributed by atoms with E-state index in [-0.39, 0.29) is 5.91 Å². The van der Waals surface area contributed by atoms with Crippen molar-refractivity contribution in [3.8, 4) is 0 Å². The van der Waals surface area contributed by atoms with Crippen LogP contribution in [0.3, 0.4) is 0 Å². The Morgan fingerprint density at radius 3 is 2.29 bits per heavy atom. The van der Waals surface area contributed by atoms with Gasteiger partial charge in [-0.15, -0.1) is 12.6 Å². The molecule has 1 aromatic rings. The standard InChI is InChI=1S/C13H19NO2S/c1-4-14(9-13(2,3)16)12(15)10-5-7-11(17)8-6-10/h5-8,16-17H,4,9H2,1-3H3. The van der Waals surface area contributed by atoms with Gasteiger partial charge in [0.2, 0.25) is 0 Å². The first-order valence-electron chi connectivity index (χ1n) is 5.64. The third kappa shape index (κ3) is 4.40. The van der Waals surface area contributed by atoms with Crippen molar-refractivity contribution in [3.05, 3.63) is 29.8 Å². The Balaban J connectivity index is 2.83. The van der Waals surface area contributed by atoms with Gasteiger partial charge in [-0.1, -0.05) is 0 Å². The minimum Gasteiger partial charge on any atom is -0.389 e. The van der Waals surface area contributed by atoms with Crippen molar-refractivity contribution in [2.75, 3.05) is 13.1 Å². The molecule has 17 heavy (non-hydrogen) atoms. The van der Waals surface area contributed by atoms with Crippen molar-refractivity contribution < 1.29 is 9.90 Å². The molecule has 3 nitrogen and oxygen atoms in total. The molecule has 1 rings (SSSR count). The number of hydrogen-bond donors (Lipinski definition) is 2. The van der Waals surface area contributed by atoms with Gasteiger partial charge in [0, 0.05) is 23.5 Å². The summed E-state index contributed by atoms with van der Waals surface area (Å²) in [7, 11) is 0. The van der Waals surface area contributed by atoms with Gasteiger partial charge in [0.1, 0.15) is 0 Å². The summed E-state index contributed by atoms with van der Waals surface area (Å²) in [5.41, 5.74) is -0.260. The Kier molecular flexibility index (Phi) is 4.60. The van der Waals surface area contributed by atoms with E-state index >= 15 is 0 Å². The van der Waals surface area contributed by atoms with Crippen LogP contribution in [-0.4, -0.2) is 34.6 Å². The maximum atomic E-state index is 12.2. The summed E-state index contributed by atoms with van der Waals surface area (Å²) in [5, 5.41) is 9.75. The van der Waals surface area contributed by atoms with Crippen molar-refractivity contribution in [3.63, 3.8) is 0 Å². The average molecular weight is 253 g/mol. The van der Waals surface area contributed by atoms with Gasteiger partial charge in [-0.3, -0.25) is 4.79 Å². The van der Waals surface area contributed by atoms with Gasteiger partial charge in [-0.2, -0.15) is 0 Å². The first kappa shape index (κ1) is 14.1. The molecule has 0 spiro atoms. The van der Waals surface area contributed by atoms with E-state index < -0.39 is 5.60 Å². The molecule has 1 amide bonds. The third-order valence-corrected chi connectivity index (χ3v) is 2.66. The summed E-state index contributed by atoms with van der Waals surface area (Å²) < 4.78 is 0. The van der Waals surface area contributed by atoms with E-state index in [1.54, 1.807) is 43.0 Å². The van der Waals surface area contributed by atoms with E-state index in [0.29, 0.717) is 18.7 Å². The lowest BCUT2D eigenvalue weighted by Crippen LogP contribution is -2.42. The fourth-order valence-corrected chi connectivity index (χ4v) is 1.73. The van der Waals surface area contributed by atoms with E-state index in [9.17, 15) is 9.90 Å². The largest absolute Gasteiger partial charge is 0.389 e. The van der Waals surface area contributed by atoms with Crippen LogP contribution in [0.15, 0.2) is 29.2 Å². The van der Waals surface area contributed by atoms with E-state index in [0.717, 1.165) is 4.90 Å². The molecule has 0 aliphatic heterocycles. The Labute approximate surface area is 108 Å². The number of rotatable bonds is 4. The summed E-state index contributed by atoms with van der Waals surface area (Å²) in [6, 6.07) is 7.07. The first-order chi connectivity index (χ1) is 7.83. The number of aliphatic hydroxyl groups is 1. The van der Waals surface area contributed by atoms with Gasteiger partial charge in [0.25, 0.3) is 5.91 Å². The number of amides is 1. The summed E-state index contributed by atoms with van der Waals surface area (Å²) in [6.07, 6.45) is 0. The number of hydrogen-bond acceptors (Lipinski definition) is 3. The van der Waals surface area contributed by atoms with E-state index in [4.69, 9.17) is 0 Å². The van der Waals surface area contributed by atoms with Crippen LogP contribution in [0.5, 0.6) is 0 Å². The lowest BCUT2D eigenvalue weighted by Gasteiger charge is -2.28. The number of carbonyl (C=O) groups excluding carboxylic acids is 1. The van der Waals surface area contributed by atoms with Crippen molar-refractivity contribution in [1.29, 1.82) is 0 Å². The molecule has 0 heterocycles. The molecule has 0 radical (unpaired) electrons. The van der Waals surface area contributed by atoms with Crippen molar-refractivity contribution >= 4 is 18.5 Å². The van der Waals surface area contributed by atoms with Crippen LogP contribution in [0.4, 0.5) is 0 Å².